The molecule has 0 radical (unpaired) electrons. The Morgan fingerprint density at radius 2 is 1.79 bits per heavy atom. The SMILES string of the molecule is O=C(O)CCC1CCN(C(=O)Cc2ccccc2C(F)(F)F)CC1. The van der Waals surface area contributed by atoms with Gasteiger partial charge in [-0.15, -0.1) is 0 Å². The maximum atomic E-state index is 13.0. The predicted molar refractivity (Wildman–Crippen MR) is 81.3 cm³/mol. The number of carbonyl (C=O) groups excluding carboxylic acids is 1. The number of rotatable bonds is 5. The summed E-state index contributed by atoms with van der Waals surface area (Å²) >= 11 is 0. The van der Waals surface area contributed by atoms with Gasteiger partial charge in [0.05, 0.1) is 12.0 Å². The fourth-order valence-corrected chi connectivity index (χ4v) is 3.02. The van der Waals surface area contributed by atoms with Gasteiger partial charge >= 0.3 is 12.1 Å². The fraction of sp³-hybridized carbons (Fsp3) is 0.529. The number of aliphatic carboxylic acids is 1. The lowest BCUT2D eigenvalue weighted by molar-refractivity contribution is -0.140. The van der Waals surface area contributed by atoms with E-state index in [0.717, 1.165) is 6.07 Å². The molecular formula is C17H20F3NO3. The minimum absolute atomic E-state index is 0.0111. The molecule has 1 heterocycles. The van der Waals surface area contributed by atoms with E-state index in [2.05, 4.69) is 0 Å². The summed E-state index contributed by atoms with van der Waals surface area (Å²) in [6.07, 6.45) is -2.66. The van der Waals surface area contributed by atoms with Gasteiger partial charge in [0.2, 0.25) is 5.91 Å². The van der Waals surface area contributed by atoms with Crippen LogP contribution in [0.25, 0.3) is 0 Å². The van der Waals surface area contributed by atoms with Crippen molar-refractivity contribution < 1.29 is 27.9 Å². The number of carboxylic acid groups (broad SMARTS) is 1. The van der Waals surface area contributed by atoms with Crippen LogP contribution in [0.3, 0.4) is 0 Å². The van der Waals surface area contributed by atoms with E-state index in [1.54, 1.807) is 4.90 Å². The van der Waals surface area contributed by atoms with Crippen LogP contribution in [0.1, 0.15) is 36.8 Å². The van der Waals surface area contributed by atoms with Crippen molar-refractivity contribution in [3.05, 3.63) is 35.4 Å². The molecule has 4 nitrogen and oxygen atoms in total. The van der Waals surface area contributed by atoms with Crippen LogP contribution in [-0.2, 0) is 22.2 Å². The zero-order valence-corrected chi connectivity index (χ0v) is 13.2. The third-order valence-corrected chi connectivity index (χ3v) is 4.40. The van der Waals surface area contributed by atoms with Gasteiger partial charge in [-0.2, -0.15) is 13.2 Å². The molecule has 1 N–H and O–H groups in total. The summed E-state index contributed by atoms with van der Waals surface area (Å²) in [4.78, 5) is 24.4. The molecule has 1 aliphatic heterocycles. The molecule has 0 saturated carbocycles. The molecule has 1 amide bonds. The number of hydrogen-bond acceptors (Lipinski definition) is 2. The van der Waals surface area contributed by atoms with Crippen molar-refractivity contribution in [1.29, 1.82) is 0 Å². The second-order valence-electron chi connectivity index (χ2n) is 6.09. The number of piperidine rings is 1. The molecule has 1 aromatic rings. The highest BCUT2D eigenvalue weighted by molar-refractivity contribution is 5.79. The Balaban J connectivity index is 1.92. The van der Waals surface area contributed by atoms with E-state index in [0.29, 0.717) is 32.4 Å². The van der Waals surface area contributed by atoms with Crippen molar-refractivity contribution in [2.75, 3.05) is 13.1 Å². The first-order valence-electron chi connectivity index (χ1n) is 7.92. The van der Waals surface area contributed by atoms with E-state index in [1.165, 1.54) is 18.2 Å². The van der Waals surface area contributed by atoms with Gasteiger partial charge in [-0.1, -0.05) is 18.2 Å². The smallest absolute Gasteiger partial charge is 0.416 e. The third kappa shape index (κ3) is 4.97. The first kappa shape index (κ1) is 18.3. The molecule has 0 atom stereocenters. The average molecular weight is 343 g/mol. The summed E-state index contributed by atoms with van der Waals surface area (Å²) in [6.45, 7) is 0.939. The highest BCUT2D eigenvalue weighted by Crippen LogP contribution is 2.32. The minimum atomic E-state index is -4.47. The summed E-state index contributed by atoms with van der Waals surface area (Å²) in [5.41, 5.74) is -0.780. The highest BCUT2D eigenvalue weighted by atomic mass is 19.4. The topological polar surface area (TPSA) is 57.6 Å². The Morgan fingerprint density at radius 1 is 1.17 bits per heavy atom. The van der Waals surface area contributed by atoms with Gasteiger partial charge in [-0.05, 0) is 36.8 Å². The van der Waals surface area contributed by atoms with Crippen LogP contribution in [0.2, 0.25) is 0 Å². The van der Waals surface area contributed by atoms with Gasteiger partial charge in [0, 0.05) is 19.5 Å². The molecule has 0 unspecified atom stereocenters. The van der Waals surface area contributed by atoms with Crippen LogP contribution in [-0.4, -0.2) is 35.0 Å². The largest absolute Gasteiger partial charge is 0.481 e. The average Bonchev–Trinajstić information content (AvgIpc) is 2.53. The number of halogens is 3. The van der Waals surface area contributed by atoms with Crippen LogP contribution in [0.5, 0.6) is 0 Å². The van der Waals surface area contributed by atoms with E-state index < -0.39 is 17.7 Å². The molecule has 1 aromatic carbocycles. The molecule has 1 saturated heterocycles. The van der Waals surface area contributed by atoms with Gasteiger partial charge in [-0.3, -0.25) is 9.59 Å². The van der Waals surface area contributed by atoms with Crippen molar-refractivity contribution in [2.45, 2.75) is 38.3 Å². The van der Waals surface area contributed by atoms with Crippen molar-refractivity contribution in [3.8, 4) is 0 Å². The van der Waals surface area contributed by atoms with Crippen molar-refractivity contribution in [1.82, 2.24) is 4.90 Å². The summed E-state index contributed by atoms with van der Waals surface area (Å²) in [5.74, 6) is -0.895. The molecular weight excluding hydrogens is 323 g/mol. The molecule has 132 valence electrons. The molecule has 2 rings (SSSR count). The van der Waals surface area contributed by atoms with Gasteiger partial charge in [-0.25, -0.2) is 0 Å². The van der Waals surface area contributed by atoms with Gasteiger partial charge in [0.25, 0.3) is 0 Å². The van der Waals surface area contributed by atoms with Crippen LogP contribution in [0.15, 0.2) is 24.3 Å². The quantitative estimate of drug-likeness (QED) is 0.892. The first-order chi connectivity index (χ1) is 11.3. The Hall–Kier alpha value is -2.05. The summed E-state index contributed by atoms with van der Waals surface area (Å²) < 4.78 is 38.9. The molecule has 0 spiro atoms. The van der Waals surface area contributed by atoms with Crippen LogP contribution in [0.4, 0.5) is 13.2 Å². The summed E-state index contributed by atoms with van der Waals surface area (Å²) in [6, 6.07) is 5.13. The number of carboxylic acids is 1. The standard InChI is InChI=1S/C17H20F3NO3/c18-17(19,20)14-4-2-1-3-13(14)11-15(22)21-9-7-12(8-10-21)5-6-16(23)24/h1-4,12H,5-11H2,(H,23,24). The molecule has 0 aromatic heterocycles. The number of hydrogen-bond donors (Lipinski definition) is 1. The van der Waals surface area contributed by atoms with E-state index in [4.69, 9.17) is 5.11 Å². The number of amides is 1. The second kappa shape index (κ2) is 7.68. The monoisotopic (exact) mass is 343 g/mol. The zero-order chi connectivity index (χ0) is 17.7. The first-order valence-corrected chi connectivity index (χ1v) is 7.92. The predicted octanol–water partition coefficient (Wildman–Crippen LogP) is 3.35. The second-order valence-corrected chi connectivity index (χ2v) is 6.09. The lowest BCUT2D eigenvalue weighted by Crippen LogP contribution is -2.39. The van der Waals surface area contributed by atoms with Crippen molar-refractivity contribution >= 4 is 11.9 Å². The lowest BCUT2D eigenvalue weighted by atomic mass is 9.92. The molecule has 1 aliphatic rings. The maximum Gasteiger partial charge on any atom is 0.416 e. The molecule has 1 fully saturated rings. The summed E-state index contributed by atoms with van der Waals surface area (Å²) in [7, 11) is 0. The van der Waals surface area contributed by atoms with Gasteiger partial charge < -0.3 is 10.0 Å². The Morgan fingerprint density at radius 3 is 2.38 bits per heavy atom. The van der Waals surface area contributed by atoms with Crippen LogP contribution < -0.4 is 0 Å². The number of nitrogens with zero attached hydrogens (tertiary/aromatic N) is 1. The maximum absolute atomic E-state index is 13.0. The van der Waals surface area contributed by atoms with Crippen LogP contribution >= 0.6 is 0 Å². The Labute approximate surface area is 138 Å². The van der Waals surface area contributed by atoms with E-state index >= 15 is 0 Å². The number of benzene rings is 1. The van der Waals surface area contributed by atoms with Gasteiger partial charge in [0.15, 0.2) is 0 Å². The highest BCUT2D eigenvalue weighted by Gasteiger charge is 2.34. The third-order valence-electron chi connectivity index (χ3n) is 4.40. The van der Waals surface area contributed by atoms with Crippen molar-refractivity contribution in [3.63, 3.8) is 0 Å². The molecule has 7 heteroatoms. The molecule has 0 bridgehead atoms. The fourth-order valence-electron chi connectivity index (χ4n) is 3.02. The Bertz CT molecular complexity index is 593. The number of carbonyl (C=O) groups is 2. The van der Waals surface area contributed by atoms with E-state index in [-0.39, 0.29) is 30.2 Å². The minimum Gasteiger partial charge on any atom is -0.481 e. The number of likely N-dealkylation sites (tertiary alicyclic amines) is 1. The van der Waals surface area contributed by atoms with Gasteiger partial charge in [0.1, 0.15) is 0 Å². The summed E-state index contributed by atoms with van der Waals surface area (Å²) in [5, 5.41) is 8.68. The normalized spacial score (nSPS) is 16.2. The van der Waals surface area contributed by atoms with E-state index in [1.807, 2.05) is 0 Å². The lowest BCUT2D eigenvalue weighted by Gasteiger charge is -2.32. The van der Waals surface area contributed by atoms with Crippen LogP contribution in [0, 0.1) is 5.92 Å². The van der Waals surface area contributed by atoms with E-state index in [9.17, 15) is 22.8 Å². The Kier molecular flexibility index (Phi) is 5.85. The number of alkyl halides is 3. The zero-order valence-electron chi connectivity index (χ0n) is 13.2. The molecule has 24 heavy (non-hydrogen) atoms. The molecule has 0 aliphatic carbocycles. The van der Waals surface area contributed by atoms with Crippen molar-refractivity contribution in [2.24, 2.45) is 5.92 Å².